The van der Waals surface area contributed by atoms with Crippen LogP contribution in [0.2, 0.25) is 0 Å². The number of amides is 1. The van der Waals surface area contributed by atoms with E-state index in [-0.39, 0.29) is 16.8 Å². The van der Waals surface area contributed by atoms with Gasteiger partial charge in [-0.3, -0.25) is 14.5 Å². The minimum Gasteiger partial charge on any atom is -0.493 e. The van der Waals surface area contributed by atoms with Crippen LogP contribution in [-0.2, 0) is 0 Å². The number of rotatable bonds is 5. The molecule has 1 aliphatic heterocycles. The second kappa shape index (κ2) is 8.59. The number of thiazole rings is 1. The summed E-state index contributed by atoms with van der Waals surface area (Å²) in [6, 6.07) is 13.4. The van der Waals surface area contributed by atoms with Crippen molar-refractivity contribution in [2.24, 2.45) is 0 Å². The van der Waals surface area contributed by atoms with Crippen LogP contribution in [-0.4, -0.2) is 32.2 Å². The SMILES string of the molecule is COc1cc([C@H]2c3c(oc4ccccc4c3=O)C(=O)N2c2nc3ccc(F)cc3s2)cc(OC)c1OC. The highest BCUT2D eigenvalue weighted by Crippen LogP contribution is 2.47. The number of benzene rings is 3. The van der Waals surface area contributed by atoms with Crippen LogP contribution in [0.1, 0.15) is 27.7 Å². The van der Waals surface area contributed by atoms with Crippen LogP contribution in [0.15, 0.2) is 63.8 Å². The molecule has 8 nitrogen and oxygen atoms in total. The van der Waals surface area contributed by atoms with Crippen LogP contribution in [0.4, 0.5) is 9.52 Å². The molecule has 0 radical (unpaired) electrons. The molecule has 0 saturated carbocycles. The van der Waals surface area contributed by atoms with Crippen molar-refractivity contribution in [2.45, 2.75) is 6.04 Å². The van der Waals surface area contributed by atoms with Gasteiger partial charge < -0.3 is 18.6 Å². The Hall–Kier alpha value is -4.44. The Labute approximate surface area is 213 Å². The van der Waals surface area contributed by atoms with Crippen LogP contribution >= 0.6 is 11.3 Å². The van der Waals surface area contributed by atoms with Gasteiger partial charge >= 0.3 is 0 Å². The monoisotopic (exact) mass is 518 g/mol. The Morgan fingerprint density at radius 1 is 0.973 bits per heavy atom. The van der Waals surface area contributed by atoms with Crippen molar-refractivity contribution >= 4 is 43.6 Å². The molecule has 3 aromatic carbocycles. The number of hydrogen-bond donors (Lipinski definition) is 0. The Kier molecular flexibility index (Phi) is 5.34. The zero-order valence-corrected chi connectivity index (χ0v) is 20.7. The van der Waals surface area contributed by atoms with E-state index in [4.69, 9.17) is 18.6 Å². The number of fused-ring (bicyclic) bond motifs is 3. The summed E-state index contributed by atoms with van der Waals surface area (Å²) in [7, 11) is 4.45. The highest BCUT2D eigenvalue weighted by molar-refractivity contribution is 7.22. The fraction of sp³-hybridized carbons (Fsp3) is 0.148. The van der Waals surface area contributed by atoms with Gasteiger partial charge in [-0.05, 0) is 48.0 Å². The van der Waals surface area contributed by atoms with Gasteiger partial charge in [0.2, 0.25) is 11.5 Å². The van der Waals surface area contributed by atoms with Crippen molar-refractivity contribution in [3.05, 3.63) is 87.5 Å². The maximum atomic E-state index is 13.9. The summed E-state index contributed by atoms with van der Waals surface area (Å²) in [6.45, 7) is 0. The predicted molar refractivity (Wildman–Crippen MR) is 137 cm³/mol. The van der Waals surface area contributed by atoms with Crippen molar-refractivity contribution in [1.82, 2.24) is 4.98 Å². The highest BCUT2D eigenvalue weighted by Gasteiger charge is 2.45. The molecule has 0 aliphatic carbocycles. The first-order valence-corrected chi connectivity index (χ1v) is 12.0. The Balaban J connectivity index is 1.66. The van der Waals surface area contributed by atoms with Crippen LogP contribution in [0.25, 0.3) is 21.2 Å². The molecule has 5 aromatic rings. The molecule has 1 atom stereocenters. The topological polar surface area (TPSA) is 91.1 Å². The van der Waals surface area contributed by atoms with Crippen LogP contribution in [0.5, 0.6) is 17.2 Å². The third kappa shape index (κ3) is 3.44. The second-order valence-corrected chi connectivity index (χ2v) is 9.32. The van der Waals surface area contributed by atoms with E-state index in [2.05, 4.69) is 4.98 Å². The van der Waals surface area contributed by atoms with Gasteiger partial charge in [-0.1, -0.05) is 23.5 Å². The average Bonchev–Trinajstić information content (AvgIpc) is 3.45. The third-order valence-electron chi connectivity index (χ3n) is 6.33. The number of hydrogen-bond acceptors (Lipinski definition) is 8. The van der Waals surface area contributed by atoms with Gasteiger partial charge in [0, 0.05) is 0 Å². The van der Waals surface area contributed by atoms with E-state index in [0.717, 1.165) is 11.3 Å². The second-order valence-electron chi connectivity index (χ2n) is 8.31. The molecular formula is C27H19FN2O6S. The number of nitrogens with zero attached hydrogens (tertiary/aromatic N) is 2. The van der Waals surface area contributed by atoms with E-state index in [1.807, 2.05) is 0 Å². The highest BCUT2D eigenvalue weighted by atomic mass is 32.1. The van der Waals surface area contributed by atoms with Gasteiger partial charge in [0.1, 0.15) is 11.4 Å². The van der Waals surface area contributed by atoms with Gasteiger partial charge in [-0.15, -0.1) is 0 Å². The summed E-state index contributed by atoms with van der Waals surface area (Å²) < 4.78 is 37.0. The maximum absolute atomic E-state index is 13.9. The fourth-order valence-electron chi connectivity index (χ4n) is 4.68. The summed E-state index contributed by atoms with van der Waals surface area (Å²) in [5, 5.41) is 0.638. The molecule has 3 heterocycles. The number of carbonyl (C=O) groups excluding carboxylic acids is 1. The molecule has 0 fully saturated rings. The molecule has 6 rings (SSSR count). The van der Waals surface area contributed by atoms with Gasteiger partial charge in [-0.2, -0.15) is 0 Å². The molecule has 10 heteroatoms. The molecule has 1 amide bonds. The quantitative estimate of drug-likeness (QED) is 0.311. The molecule has 0 spiro atoms. The summed E-state index contributed by atoms with van der Waals surface area (Å²) >= 11 is 1.14. The molecule has 0 unspecified atom stereocenters. The minimum atomic E-state index is -0.914. The van der Waals surface area contributed by atoms with E-state index in [0.29, 0.717) is 49.1 Å². The van der Waals surface area contributed by atoms with Crippen molar-refractivity contribution in [2.75, 3.05) is 26.2 Å². The molecular weight excluding hydrogens is 499 g/mol. The first-order valence-electron chi connectivity index (χ1n) is 11.2. The molecule has 186 valence electrons. The lowest BCUT2D eigenvalue weighted by molar-refractivity contribution is 0.0971. The van der Waals surface area contributed by atoms with Crippen molar-refractivity contribution < 1.29 is 27.8 Å². The van der Waals surface area contributed by atoms with E-state index >= 15 is 0 Å². The molecule has 0 bridgehead atoms. The first kappa shape index (κ1) is 23.0. The number of para-hydroxylation sites is 1. The number of aromatic nitrogens is 1. The number of carbonyl (C=O) groups is 1. The van der Waals surface area contributed by atoms with Gasteiger partial charge in [0.05, 0.1) is 48.5 Å². The normalized spacial score (nSPS) is 14.9. The minimum absolute atomic E-state index is 0.0760. The van der Waals surface area contributed by atoms with Crippen molar-refractivity contribution in [1.29, 1.82) is 0 Å². The first-order chi connectivity index (χ1) is 17.9. The number of ether oxygens (including phenoxy) is 3. The smallest absolute Gasteiger partial charge is 0.297 e. The van der Waals surface area contributed by atoms with Gasteiger partial charge in [-0.25, -0.2) is 9.37 Å². The van der Waals surface area contributed by atoms with Crippen LogP contribution in [0.3, 0.4) is 0 Å². The van der Waals surface area contributed by atoms with Crippen LogP contribution < -0.4 is 24.5 Å². The van der Waals surface area contributed by atoms with Crippen LogP contribution in [0, 0.1) is 5.82 Å². The lowest BCUT2D eigenvalue weighted by Gasteiger charge is -2.24. The molecule has 1 aliphatic rings. The lowest BCUT2D eigenvalue weighted by Crippen LogP contribution is -2.29. The predicted octanol–water partition coefficient (Wildman–Crippen LogP) is 5.32. The van der Waals surface area contributed by atoms with E-state index in [1.54, 1.807) is 42.5 Å². The molecule has 0 N–H and O–H groups in total. The van der Waals surface area contributed by atoms with Crippen molar-refractivity contribution in [3.8, 4) is 17.2 Å². The Morgan fingerprint density at radius 2 is 1.70 bits per heavy atom. The molecule has 2 aromatic heterocycles. The average molecular weight is 519 g/mol. The van der Waals surface area contributed by atoms with Gasteiger partial charge in [0.25, 0.3) is 5.91 Å². The number of anilines is 1. The fourth-order valence-corrected chi connectivity index (χ4v) is 5.70. The number of halogens is 1. The van der Waals surface area contributed by atoms with Gasteiger partial charge in [0.15, 0.2) is 22.1 Å². The Morgan fingerprint density at radius 3 is 2.41 bits per heavy atom. The zero-order chi connectivity index (χ0) is 25.8. The summed E-state index contributed by atoms with van der Waals surface area (Å²) in [5.41, 5.74) is 1.19. The Bertz CT molecular complexity index is 1750. The zero-order valence-electron chi connectivity index (χ0n) is 19.9. The summed E-state index contributed by atoms with van der Waals surface area (Å²) in [4.78, 5) is 33.6. The van der Waals surface area contributed by atoms with E-state index in [1.165, 1.54) is 38.4 Å². The van der Waals surface area contributed by atoms with E-state index in [9.17, 15) is 14.0 Å². The number of methoxy groups -OCH3 is 3. The third-order valence-corrected chi connectivity index (χ3v) is 7.34. The lowest BCUT2D eigenvalue weighted by atomic mass is 9.98. The molecule has 37 heavy (non-hydrogen) atoms. The maximum Gasteiger partial charge on any atom is 0.297 e. The van der Waals surface area contributed by atoms with E-state index < -0.39 is 17.8 Å². The largest absolute Gasteiger partial charge is 0.493 e. The molecule has 0 saturated heterocycles. The van der Waals surface area contributed by atoms with Crippen molar-refractivity contribution in [3.63, 3.8) is 0 Å². The summed E-state index contributed by atoms with van der Waals surface area (Å²) in [6.07, 6.45) is 0. The standard InChI is InChI=1S/C27H19FN2O6S/c1-33-18-10-13(11-19(34-2)24(18)35-3)22-21-23(31)15-6-4-5-7-17(15)36-25(21)26(32)30(22)27-29-16-9-8-14(28)12-20(16)37-27/h4-12,22H,1-3H3/t22-/m0/s1. The summed E-state index contributed by atoms with van der Waals surface area (Å²) in [5.74, 6) is 0.0568.